The molecule has 0 saturated carbocycles. The van der Waals surface area contributed by atoms with Crippen molar-refractivity contribution in [2.45, 2.75) is 11.9 Å². The largest absolute Gasteiger partial charge is 0.493 e. The maximum Gasteiger partial charge on any atom is 0.189 e. The molecule has 0 bridgehead atoms. The highest BCUT2D eigenvalue weighted by molar-refractivity contribution is 9.08. The molecular formula is C16H17BrO3. The molecule has 0 atom stereocenters. The topological polar surface area (TPSA) is 27.7 Å². The van der Waals surface area contributed by atoms with Gasteiger partial charge in [0, 0.05) is 10.9 Å². The Bertz CT molecular complexity index is 506. The van der Waals surface area contributed by atoms with Gasteiger partial charge in [-0.05, 0) is 11.6 Å². The second-order valence-electron chi connectivity index (χ2n) is 4.18. The summed E-state index contributed by atoms with van der Waals surface area (Å²) in [6.07, 6.45) is 0. The minimum atomic E-state index is 0.190. The number of hydrogen-bond donors (Lipinski definition) is 0. The van der Waals surface area contributed by atoms with Crippen molar-refractivity contribution in [1.29, 1.82) is 0 Å². The van der Waals surface area contributed by atoms with Crippen LogP contribution in [0, 0.1) is 0 Å². The molecule has 0 heterocycles. The quantitative estimate of drug-likeness (QED) is 0.432. The standard InChI is InChI=1S/C16H17BrO3/c1-18-15-9-5-8-14(10-17)16(15)20-12-19-11-13-6-3-2-4-7-13/h2-9H,10-12H2,1H3. The zero-order valence-corrected chi connectivity index (χ0v) is 12.9. The lowest BCUT2D eigenvalue weighted by Crippen LogP contribution is -2.05. The van der Waals surface area contributed by atoms with Crippen LogP contribution in [0.25, 0.3) is 0 Å². The Labute approximate surface area is 127 Å². The van der Waals surface area contributed by atoms with Crippen molar-refractivity contribution in [3.63, 3.8) is 0 Å². The van der Waals surface area contributed by atoms with E-state index < -0.39 is 0 Å². The molecule has 0 aliphatic carbocycles. The van der Waals surface area contributed by atoms with Gasteiger partial charge in [-0.2, -0.15) is 0 Å². The Morgan fingerprint density at radius 1 is 1.00 bits per heavy atom. The van der Waals surface area contributed by atoms with Crippen LogP contribution in [0.5, 0.6) is 11.5 Å². The van der Waals surface area contributed by atoms with Crippen molar-refractivity contribution >= 4 is 15.9 Å². The Morgan fingerprint density at radius 2 is 1.80 bits per heavy atom. The normalized spacial score (nSPS) is 10.3. The zero-order valence-electron chi connectivity index (χ0n) is 11.3. The molecule has 0 fully saturated rings. The van der Waals surface area contributed by atoms with Gasteiger partial charge in [-0.1, -0.05) is 58.4 Å². The van der Waals surface area contributed by atoms with E-state index in [2.05, 4.69) is 15.9 Å². The van der Waals surface area contributed by atoms with E-state index in [4.69, 9.17) is 14.2 Å². The maximum absolute atomic E-state index is 5.69. The van der Waals surface area contributed by atoms with Crippen LogP contribution in [0.3, 0.4) is 0 Å². The predicted octanol–water partition coefficient (Wildman–Crippen LogP) is 4.14. The lowest BCUT2D eigenvalue weighted by molar-refractivity contribution is 0.00336. The molecule has 0 aromatic heterocycles. The van der Waals surface area contributed by atoms with Gasteiger partial charge in [0.15, 0.2) is 18.3 Å². The lowest BCUT2D eigenvalue weighted by Gasteiger charge is -2.14. The second-order valence-corrected chi connectivity index (χ2v) is 4.74. The molecule has 0 aliphatic rings. The van der Waals surface area contributed by atoms with Crippen molar-refractivity contribution in [3.8, 4) is 11.5 Å². The van der Waals surface area contributed by atoms with Gasteiger partial charge < -0.3 is 14.2 Å². The fraction of sp³-hybridized carbons (Fsp3) is 0.250. The van der Waals surface area contributed by atoms with Gasteiger partial charge in [-0.3, -0.25) is 0 Å². The minimum absolute atomic E-state index is 0.190. The third-order valence-electron chi connectivity index (χ3n) is 2.82. The molecule has 0 spiro atoms. The molecule has 4 heteroatoms. The summed E-state index contributed by atoms with van der Waals surface area (Å²) in [6, 6.07) is 15.8. The molecule has 3 nitrogen and oxygen atoms in total. The number of benzene rings is 2. The first-order valence-electron chi connectivity index (χ1n) is 6.31. The van der Waals surface area contributed by atoms with Gasteiger partial charge in [0.1, 0.15) is 0 Å². The summed E-state index contributed by atoms with van der Waals surface area (Å²) in [5.41, 5.74) is 2.16. The molecule has 2 rings (SSSR count). The van der Waals surface area contributed by atoms with Gasteiger partial charge in [0.05, 0.1) is 13.7 Å². The Hall–Kier alpha value is -1.52. The molecule has 2 aromatic carbocycles. The molecule has 0 saturated heterocycles. The zero-order chi connectivity index (χ0) is 14.2. The van der Waals surface area contributed by atoms with Crippen LogP contribution in [0.2, 0.25) is 0 Å². The van der Waals surface area contributed by atoms with Crippen LogP contribution in [0.15, 0.2) is 48.5 Å². The maximum atomic E-state index is 5.69. The van der Waals surface area contributed by atoms with Crippen LogP contribution in [0.4, 0.5) is 0 Å². The van der Waals surface area contributed by atoms with Crippen molar-refractivity contribution in [2.75, 3.05) is 13.9 Å². The van der Waals surface area contributed by atoms with E-state index in [9.17, 15) is 0 Å². The Kier molecular flexibility index (Phi) is 5.89. The first-order chi connectivity index (χ1) is 9.85. The molecular weight excluding hydrogens is 320 g/mol. The Balaban J connectivity index is 1.90. The molecule has 106 valence electrons. The van der Waals surface area contributed by atoms with Crippen LogP contribution >= 0.6 is 15.9 Å². The van der Waals surface area contributed by atoms with Crippen molar-refractivity contribution in [3.05, 3.63) is 59.7 Å². The lowest BCUT2D eigenvalue weighted by atomic mass is 10.2. The summed E-state index contributed by atoms with van der Waals surface area (Å²) in [5.74, 6) is 1.44. The van der Waals surface area contributed by atoms with E-state index >= 15 is 0 Å². The summed E-state index contributed by atoms with van der Waals surface area (Å²) in [5, 5.41) is 0.707. The smallest absolute Gasteiger partial charge is 0.189 e. The second kappa shape index (κ2) is 7.92. The fourth-order valence-electron chi connectivity index (χ4n) is 1.83. The van der Waals surface area contributed by atoms with Gasteiger partial charge >= 0.3 is 0 Å². The summed E-state index contributed by atoms with van der Waals surface area (Å²) in [6.45, 7) is 0.717. The summed E-state index contributed by atoms with van der Waals surface area (Å²) in [4.78, 5) is 0. The van der Waals surface area contributed by atoms with E-state index in [1.165, 1.54) is 0 Å². The number of methoxy groups -OCH3 is 1. The molecule has 2 aromatic rings. The summed E-state index contributed by atoms with van der Waals surface area (Å²) < 4.78 is 16.5. The SMILES string of the molecule is COc1cccc(CBr)c1OCOCc1ccccc1. The van der Waals surface area contributed by atoms with E-state index in [1.807, 2.05) is 48.5 Å². The predicted molar refractivity (Wildman–Crippen MR) is 82.4 cm³/mol. The van der Waals surface area contributed by atoms with Gasteiger partial charge in [-0.15, -0.1) is 0 Å². The average molecular weight is 337 g/mol. The molecule has 0 N–H and O–H groups in total. The number of para-hydroxylation sites is 1. The van der Waals surface area contributed by atoms with E-state index in [0.717, 1.165) is 16.9 Å². The highest BCUT2D eigenvalue weighted by Gasteiger charge is 2.09. The Morgan fingerprint density at radius 3 is 2.50 bits per heavy atom. The van der Waals surface area contributed by atoms with Gasteiger partial charge in [0.2, 0.25) is 0 Å². The number of alkyl halides is 1. The number of ether oxygens (including phenoxy) is 3. The van der Waals surface area contributed by atoms with E-state index in [0.29, 0.717) is 17.7 Å². The highest BCUT2D eigenvalue weighted by Crippen LogP contribution is 2.32. The van der Waals surface area contributed by atoms with Gasteiger partial charge in [0.25, 0.3) is 0 Å². The van der Waals surface area contributed by atoms with E-state index in [1.54, 1.807) is 7.11 Å². The molecule has 0 aliphatic heterocycles. The third-order valence-corrected chi connectivity index (χ3v) is 3.43. The molecule has 20 heavy (non-hydrogen) atoms. The average Bonchev–Trinajstić information content (AvgIpc) is 2.52. The third kappa shape index (κ3) is 3.99. The van der Waals surface area contributed by atoms with Gasteiger partial charge in [-0.25, -0.2) is 0 Å². The van der Waals surface area contributed by atoms with Crippen LogP contribution < -0.4 is 9.47 Å². The first-order valence-corrected chi connectivity index (χ1v) is 7.43. The van der Waals surface area contributed by atoms with Crippen molar-refractivity contribution in [2.24, 2.45) is 0 Å². The molecule has 0 radical (unpaired) electrons. The van der Waals surface area contributed by atoms with Crippen LogP contribution in [0.1, 0.15) is 11.1 Å². The van der Waals surface area contributed by atoms with Crippen LogP contribution in [-0.2, 0) is 16.7 Å². The fourth-order valence-corrected chi connectivity index (χ4v) is 2.27. The van der Waals surface area contributed by atoms with E-state index in [-0.39, 0.29) is 6.79 Å². The molecule has 0 unspecified atom stereocenters. The minimum Gasteiger partial charge on any atom is -0.493 e. The highest BCUT2D eigenvalue weighted by atomic mass is 79.9. The first kappa shape index (κ1) is 14.9. The van der Waals surface area contributed by atoms with Crippen LogP contribution in [-0.4, -0.2) is 13.9 Å². The monoisotopic (exact) mass is 336 g/mol. The van der Waals surface area contributed by atoms with Crippen molar-refractivity contribution < 1.29 is 14.2 Å². The summed E-state index contributed by atoms with van der Waals surface area (Å²) >= 11 is 3.44. The number of halogens is 1. The summed E-state index contributed by atoms with van der Waals surface area (Å²) in [7, 11) is 1.63. The molecule has 0 amide bonds. The van der Waals surface area contributed by atoms with Crippen molar-refractivity contribution in [1.82, 2.24) is 0 Å². The number of hydrogen-bond acceptors (Lipinski definition) is 3. The number of rotatable bonds is 7.